The lowest BCUT2D eigenvalue weighted by Crippen LogP contribution is -2.46. The fourth-order valence-corrected chi connectivity index (χ4v) is 2.61. The van der Waals surface area contributed by atoms with E-state index in [-0.39, 0.29) is 5.91 Å². The van der Waals surface area contributed by atoms with Gasteiger partial charge in [0.05, 0.1) is 0 Å². The van der Waals surface area contributed by atoms with Gasteiger partial charge in [0, 0.05) is 23.8 Å². The first-order valence-corrected chi connectivity index (χ1v) is 6.54. The molecule has 0 bridgehead atoms. The predicted octanol–water partition coefficient (Wildman–Crippen LogP) is 2.23. The summed E-state index contributed by atoms with van der Waals surface area (Å²) in [5.41, 5.74) is 7.15. The molecule has 1 aliphatic heterocycles. The second-order valence-corrected chi connectivity index (χ2v) is 5.28. The number of hydrogen-bond acceptors (Lipinski definition) is 3. The van der Waals surface area contributed by atoms with Crippen LogP contribution >= 0.6 is 0 Å². The van der Waals surface area contributed by atoms with Crippen molar-refractivity contribution in [2.24, 2.45) is 5.92 Å². The van der Waals surface area contributed by atoms with Gasteiger partial charge in [-0.25, -0.2) is 4.98 Å². The lowest BCUT2D eigenvalue weighted by Gasteiger charge is -2.38. The Morgan fingerprint density at radius 3 is 2.83 bits per heavy atom. The highest BCUT2D eigenvalue weighted by Gasteiger charge is 2.29. The van der Waals surface area contributed by atoms with Crippen LogP contribution in [-0.4, -0.2) is 28.4 Å². The van der Waals surface area contributed by atoms with Crippen LogP contribution in [0, 0.1) is 12.8 Å². The Labute approximate surface area is 108 Å². The Morgan fingerprint density at radius 1 is 1.44 bits per heavy atom. The molecule has 4 heteroatoms. The number of nitrogens with two attached hydrogens (primary N) is 1. The van der Waals surface area contributed by atoms with Crippen LogP contribution in [0.15, 0.2) is 12.1 Å². The van der Waals surface area contributed by atoms with Crippen LogP contribution in [-0.2, 0) is 0 Å². The number of nitrogens with zero attached hydrogens (tertiary/aromatic N) is 2. The molecular weight excluding hydrogens is 226 g/mol. The number of aromatic nitrogens is 1. The zero-order valence-corrected chi connectivity index (χ0v) is 11.3. The molecule has 2 rings (SSSR count). The van der Waals surface area contributed by atoms with Gasteiger partial charge in [-0.2, -0.15) is 0 Å². The van der Waals surface area contributed by atoms with Gasteiger partial charge in [0.15, 0.2) is 0 Å². The van der Waals surface area contributed by atoms with Crippen molar-refractivity contribution in [2.75, 3.05) is 12.3 Å². The smallest absolute Gasteiger partial charge is 0.254 e. The average molecular weight is 247 g/mol. The highest BCUT2D eigenvalue weighted by Crippen LogP contribution is 2.24. The van der Waals surface area contributed by atoms with Gasteiger partial charge in [-0.15, -0.1) is 0 Å². The maximum absolute atomic E-state index is 12.5. The summed E-state index contributed by atoms with van der Waals surface area (Å²) >= 11 is 0. The van der Waals surface area contributed by atoms with Crippen molar-refractivity contribution in [1.82, 2.24) is 9.88 Å². The third kappa shape index (κ3) is 2.47. The van der Waals surface area contributed by atoms with Crippen molar-refractivity contribution in [3.63, 3.8) is 0 Å². The molecule has 2 heterocycles. The molecule has 1 fully saturated rings. The van der Waals surface area contributed by atoms with E-state index in [1.165, 1.54) is 6.42 Å². The van der Waals surface area contributed by atoms with E-state index in [9.17, 15) is 4.79 Å². The first kappa shape index (κ1) is 12.9. The van der Waals surface area contributed by atoms with Gasteiger partial charge in [-0.1, -0.05) is 6.92 Å². The third-order valence-electron chi connectivity index (χ3n) is 3.85. The molecule has 0 aliphatic carbocycles. The second-order valence-electron chi connectivity index (χ2n) is 5.28. The molecule has 4 nitrogen and oxygen atoms in total. The Kier molecular flexibility index (Phi) is 3.55. The molecule has 2 atom stereocenters. The molecule has 2 unspecified atom stereocenters. The van der Waals surface area contributed by atoms with Crippen LogP contribution in [0.1, 0.15) is 42.7 Å². The molecule has 1 amide bonds. The topological polar surface area (TPSA) is 59.2 Å². The average Bonchev–Trinajstić information content (AvgIpc) is 2.30. The number of carbonyl (C=O) groups is 1. The fraction of sp³-hybridized carbons (Fsp3) is 0.571. The SMILES string of the molecule is Cc1cc(C(=O)N2CCCC(C)C2C)cc(N)n1. The van der Waals surface area contributed by atoms with Crippen LogP contribution in [0.25, 0.3) is 0 Å². The van der Waals surface area contributed by atoms with Crippen molar-refractivity contribution in [3.05, 3.63) is 23.4 Å². The summed E-state index contributed by atoms with van der Waals surface area (Å²) in [6.07, 6.45) is 2.28. The molecule has 98 valence electrons. The highest BCUT2D eigenvalue weighted by atomic mass is 16.2. The number of aryl methyl sites for hydroxylation is 1. The first-order valence-electron chi connectivity index (χ1n) is 6.54. The summed E-state index contributed by atoms with van der Waals surface area (Å²) in [4.78, 5) is 18.6. The lowest BCUT2D eigenvalue weighted by atomic mass is 9.91. The molecule has 1 saturated heterocycles. The maximum Gasteiger partial charge on any atom is 0.254 e. The van der Waals surface area contributed by atoms with Crippen LogP contribution in [0.3, 0.4) is 0 Å². The molecule has 2 N–H and O–H groups in total. The standard InChI is InChI=1S/C14H21N3O/c1-9-5-4-6-17(11(9)3)14(18)12-7-10(2)16-13(15)8-12/h7-9,11H,4-6H2,1-3H3,(H2,15,16). The van der Waals surface area contributed by atoms with E-state index in [1.54, 1.807) is 6.07 Å². The molecule has 0 radical (unpaired) electrons. The molecule has 1 aliphatic rings. The molecule has 0 spiro atoms. The maximum atomic E-state index is 12.5. The van der Waals surface area contributed by atoms with Gasteiger partial charge in [0.1, 0.15) is 5.82 Å². The number of likely N-dealkylation sites (tertiary alicyclic amines) is 1. The molecule has 0 saturated carbocycles. The zero-order valence-electron chi connectivity index (χ0n) is 11.3. The van der Waals surface area contributed by atoms with Crippen molar-refractivity contribution < 1.29 is 4.79 Å². The summed E-state index contributed by atoms with van der Waals surface area (Å²) in [6.45, 7) is 7.02. The van der Waals surface area contributed by atoms with Crippen LogP contribution in [0.4, 0.5) is 5.82 Å². The van der Waals surface area contributed by atoms with E-state index in [4.69, 9.17) is 5.73 Å². The van der Waals surface area contributed by atoms with Gasteiger partial charge in [0.2, 0.25) is 0 Å². The number of hydrogen-bond donors (Lipinski definition) is 1. The Hall–Kier alpha value is -1.58. The van der Waals surface area contributed by atoms with E-state index in [1.807, 2.05) is 17.9 Å². The quantitative estimate of drug-likeness (QED) is 0.828. The minimum absolute atomic E-state index is 0.0752. The number of piperidine rings is 1. The van der Waals surface area contributed by atoms with Crippen molar-refractivity contribution >= 4 is 11.7 Å². The number of pyridine rings is 1. The van der Waals surface area contributed by atoms with E-state index < -0.39 is 0 Å². The Morgan fingerprint density at radius 2 is 2.17 bits per heavy atom. The number of rotatable bonds is 1. The van der Waals surface area contributed by atoms with E-state index in [2.05, 4.69) is 18.8 Å². The Balaban J connectivity index is 2.24. The summed E-state index contributed by atoms with van der Waals surface area (Å²) < 4.78 is 0. The van der Waals surface area contributed by atoms with Gasteiger partial charge in [-0.3, -0.25) is 4.79 Å². The fourth-order valence-electron chi connectivity index (χ4n) is 2.61. The number of amides is 1. The predicted molar refractivity (Wildman–Crippen MR) is 72.3 cm³/mol. The van der Waals surface area contributed by atoms with Gasteiger partial charge >= 0.3 is 0 Å². The van der Waals surface area contributed by atoms with Crippen LogP contribution in [0.5, 0.6) is 0 Å². The normalized spacial score (nSPS) is 24.1. The van der Waals surface area contributed by atoms with Crippen LogP contribution < -0.4 is 5.73 Å². The van der Waals surface area contributed by atoms with Crippen molar-refractivity contribution in [2.45, 2.75) is 39.7 Å². The lowest BCUT2D eigenvalue weighted by molar-refractivity contribution is 0.0551. The minimum atomic E-state index is 0.0752. The summed E-state index contributed by atoms with van der Waals surface area (Å²) in [5, 5.41) is 0. The molecule has 1 aromatic rings. The minimum Gasteiger partial charge on any atom is -0.384 e. The molecule has 1 aromatic heterocycles. The largest absolute Gasteiger partial charge is 0.384 e. The van der Waals surface area contributed by atoms with Crippen molar-refractivity contribution in [3.8, 4) is 0 Å². The van der Waals surface area contributed by atoms with Gasteiger partial charge < -0.3 is 10.6 Å². The number of carbonyl (C=O) groups excluding carboxylic acids is 1. The highest BCUT2D eigenvalue weighted by molar-refractivity contribution is 5.95. The summed E-state index contributed by atoms with van der Waals surface area (Å²) in [6, 6.07) is 3.77. The monoisotopic (exact) mass is 247 g/mol. The summed E-state index contributed by atoms with van der Waals surface area (Å²) in [7, 11) is 0. The number of anilines is 1. The second kappa shape index (κ2) is 4.96. The van der Waals surface area contributed by atoms with Crippen LogP contribution in [0.2, 0.25) is 0 Å². The van der Waals surface area contributed by atoms with Gasteiger partial charge in [0.25, 0.3) is 5.91 Å². The van der Waals surface area contributed by atoms with E-state index >= 15 is 0 Å². The third-order valence-corrected chi connectivity index (χ3v) is 3.85. The molecule has 18 heavy (non-hydrogen) atoms. The number of nitrogen functional groups attached to an aromatic ring is 1. The molecular formula is C14H21N3O. The van der Waals surface area contributed by atoms with Gasteiger partial charge in [-0.05, 0) is 44.7 Å². The Bertz CT molecular complexity index is 438. The molecule has 0 aromatic carbocycles. The van der Waals surface area contributed by atoms with E-state index in [0.29, 0.717) is 23.3 Å². The van der Waals surface area contributed by atoms with E-state index in [0.717, 1.165) is 18.7 Å². The van der Waals surface area contributed by atoms with Crippen molar-refractivity contribution in [1.29, 1.82) is 0 Å². The first-order chi connectivity index (χ1) is 8.49. The zero-order chi connectivity index (χ0) is 13.3. The summed E-state index contributed by atoms with van der Waals surface area (Å²) in [5.74, 6) is 1.05.